The van der Waals surface area contributed by atoms with Crippen molar-refractivity contribution in [1.82, 2.24) is 0 Å². The van der Waals surface area contributed by atoms with Gasteiger partial charge in [0.15, 0.2) is 5.75 Å². The van der Waals surface area contributed by atoms with Crippen LogP contribution >= 0.6 is 0 Å². The van der Waals surface area contributed by atoms with Gasteiger partial charge in [0.2, 0.25) is 6.29 Å². The number of unbranched alkanes of at least 4 members (excludes halogenated alkanes) is 5. The number of aliphatic hydroxyl groups is 4. The number of ether oxygens (including phenoxy) is 4. The highest BCUT2D eigenvalue weighted by atomic mass is 16.7. The van der Waals surface area contributed by atoms with E-state index in [1.165, 1.54) is 25.7 Å². The largest absolute Gasteiger partial charge is 0.493 e. The number of aliphatic hydroxyl groups excluding tert-OH is 4. The summed E-state index contributed by atoms with van der Waals surface area (Å²) in [4.78, 5) is 13.1. The Kier molecular flexibility index (Phi) is 10.8. The predicted octanol–water partition coefficient (Wildman–Crippen LogP) is 3.29. The van der Waals surface area contributed by atoms with E-state index in [9.17, 15) is 25.2 Å². The summed E-state index contributed by atoms with van der Waals surface area (Å²) in [7, 11) is 0. The molecule has 4 N–H and O–H groups in total. The van der Waals surface area contributed by atoms with E-state index in [2.05, 4.69) is 6.92 Å². The second-order valence-corrected chi connectivity index (χ2v) is 9.91. The Labute approximate surface area is 232 Å². The van der Waals surface area contributed by atoms with Gasteiger partial charge in [-0.3, -0.25) is 0 Å². The third kappa shape index (κ3) is 7.32. The van der Waals surface area contributed by atoms with Crippen LogP contribution in [0.1, 0.15) is 51.0 Å². The van der Waals surface area contributed by atoms with Crippen molar-refractivity contribution >= 4 is 11.0 Å². The lowest BCUT2D eigenvalue weighted by Gasteiger charge is -2.39. The highest BCUT2D eigenvalue weighted by Crippen LogP contribution is 2.37. The van der Waals surface area contributed by atoms with Crippen LogP contribution in [0.3, 0.4) is 0 Å². The molecule has 0 aliphatic carbocycles. The molecule has 3 aromatic rings. The molecule has 1 aliphatic heterocycles. The fraction of sp³-hybridized carbons (Fsp3) is 0.500. The number of hydrogen-bond acceptors (Lipinski definition) is 10. The molecule has 0 bridgehead atoms. The lowest BCUT2D eigenvalue weighted by Crippen LogP contribution is -2.60. The van der Waals surface area contributed by atoms with Crippen molar-refractivity contribution in [3.8, 4) is 17.2 Å². The van der Waals surface area contributed by atoms with Gasteiger partial charge in [-0.15, -0.1) is 0 Å². The van der Waals surface area contributed by atoms with Gasteiger partial charge in [0.25, 0.3) is 5.75 Å². The Morgan fingerprint density at radius 2 is 1.60 bits per heavy atom. The minimum absolute atomic E-state index is 0.0505. The molecule has 1 saturated heterocycles. The smallest absolute Gasteiger partial charge is 0.383 e. The summed E-state index contributed by atoms with van der Waals surface area (Å²) in [6.45, 7) is 2.18. The molecule has 5 atom stereocenters. The van der Waals surface area contributed by atoms with Crippen molar-refractivity contribution in [1.29, 1.82) is 0 Å². The summed E-state index contributed by atoms with van der Waals surface area (Å²) >= 11 is 0. The van der Waals surface area contributed by atoms with Crippen molar-refractivity contribution in [3.63, 3.8) is 0 Å². The zero-order chi connectivity index (χ0) is 28.5. The molecule has 0 amide bonds. The maximum atomic E-state index is 13.1. The van der Waals surface area contributed by atoms with E-state index in [4.69, 9.17) is 23.4 Å². The summed E-state index contributed by atoms with van der Waals surface area (Å²) in [5.41, 5.74) is 0.150. The molecule has 0 radical (unpaired) electrons. The van der Waals surface area contributed by atoms with Gasteiger partial charge in [0.1, 0.15) is 42.4 Å². The number of fused-ring (bicyclic) bond motifs is 1. The first-order valence-electron chi connectivity index (χ1n) is 13.8. The average molecular weight is 559 g/mol. The third-order valence-corrected chi connectivity index (χ3v) is 6.87. The number of rotatable bonds is 14. The Morgan fingerprint density at radius 3 is 2.35 bits per heavy atom. The first kappa shape index (κ1) is 29.8. The molecule has 40 heavy (non-hydrogen) atoms. The van der Waals surface area contributed by atoms with Gasteiger partial charge >= 0.3 is 5.63 Å². The zero-order valence-corrected chi connectivity index (χ0v) is 22.6. The van der Waals surface area contributed by atoms with Crippen LogP contribution in [0.15, 0.2) is 57.7 Å². The van der Waals surface area contributed by atoms with Crippen molar-refractivity contribution in [2.45, 2.75) is 82.8 Å². The van der Waals surface area contributed by atoms with Gasteiger partial charge in [0, 0.05) is 6.07 Å². The predicted molar refractivity (Wildman–Crippen MR) is 147 cm³/mol. The molecule has 0 spiro atoms. The highest BCUT2D eigenvalue weighted by molar-refractivity contribution is 5.86. The van der Waals surface area contributed by atoms with Crippen LogP contribution < -0.4 is 19.8 Å². The van der Waals surface area contributed by atoms with Crippen molar-refractivity contribution in [2.24, 2.45) is 0 Å². The van der Waals surface area contributed by atoms with Crippen LogP contribution in [0, 0.1) is 0 Å². The maximum Gasteiger partial charge on any atom is 0.383 e. The molecule has 1 aromatic heterocycles. The van der Waals surface area contributed by atoms with Gasteiger partial charge in [-0.25, -0.2) is 4.79 Å². The van der Waals surface area contributed by atoms with Crippen LogP contribution in [0.2, 0.25) is 0 Å². The van der Waals surface area contributed by atoms with Crippen LogP contribution in [0.4, 0.5) is 0 Å². The minimum Gasteiger partial charge on any atom is -0.493 e. The van der Waals surface area contributed by atoms with Crippen molar-refractivity contribution < 1.29 is 43.8 Å². The molecular weight excluding hydrogens is 520 g/mol. The van der Waals surface area contributed by atoms with E-state index in [1.54, 1.807) is 18.2 Å². The fourth-order valence-electron chi connectivity index (χ4n) is 4.55. The van der Waals surface area contributed by atoms with Gasteiger partial charge in [0.05, 0.1) is 18.6 Å². The molecule has 10 heteroatoms. The van der Waals surface area contributed by atoms with Crippen LogP contribution in [-0.2, 0) is 11.3 Å². The van der Waals surface area contributed by atoms with E-state index >= 15 is 0 Å². The summed E-state index contributed by atoms with van der Waals surface area (Å²) in [5, 5.41) is 40.6. The minimum atomic E-state index is -1.72. The molecular formula is C30H38O10. The fourth-order valence-corrected chi connectivity index (χ4v) is 4.55. The molecule has 0 saturated carbocycles. The van der Waals surface area contributed by atoms with E-state index < -0.39 is 42.9 Å². The lowest BCUT2D eigenvalue weighted by atomic mass is 9.99. The topological polar surface area (TPSA) is 148 Å². The molecule has 2 heterocycles. The standard InChI is InChI=1S/C30H38O10/c1-2-3-4-5-6-10-15-36-20-13-14-21-22(16-20)38-29(35)28(27(21)37-18-19-11-8-7-9-12-19)40-30-26(34)25(33)24(32)23(17-31)39-30/h7-9,11-14,16,23-26,30-34H,2-6,10,15,17-18H2,1H3/t23-,24+,25+,26-,30-/m1/s1. The Hall–Kier alpha value is -3.15. The molecule has 4 rings (SSSR count). The van der Waals surface area contributed by atoms with E-state index in [0.717, 1.165) is 18.4 Å². The first-order valence-corrected chi connectivity index (χ1v) is 13.8. The molecule has 2 aromatic carbocycles. The Bertz CT molecular complexity index is 1260. The normalized spacial score (nSPS) is 22.8. The zero-order valence-electron chi connectivity index (χ0n) is 22.6. The number of hydrogen-bond donors (Lipinski definition) is 4. The first-order chi connectivity index (χ1) is 19.4. The van der Waals surface area contributed by atoms with Crippen LogP contribution in [-0.4, -0.2) is 64.3 Å². The van der Waals surface area contributed by atoms with Gasteiger partial charge in [-0.05, 0) is 24.1 Å². The van der Waals surface area contributed by atoms with Gasteiger partial charge in [-0.2, -0.15) is 0 Å². The summed E-state index contributed by atoms with van der Waals surface area (Å²) < 4.78 is 28.6. The van der Waals surface area contributed by atoms with Crippen molar-refractivity contribution in [2.75, 3.05) is 13.2 Å². The molecule has 218 valence electrons. The maximum absolute atomic E-state index is 13.1. The van der Waals surface area contributed by atoms with Crippen LogP contribution in [0.25, 0.3) is 11.0 Å². The molecule has 1 aliphatic rings. The molecule has 10 nitrogen and oxygen atoms in total. The Balaban J connectivity index is 1.58. The lowest BCUT2D eigenvalue weighted by molar-refractivity contribution is -0.278. The quantitative estimate of drug-likeness (QED) is 0.172. The second kappa shape index (κ2) is 14.5. The van der Waals surface area contributed by atoms with E-state index in [1.807, 2.05) is 30.3 Å². The average Bonchev–Trinajstić information content (AvgIpc) is 2.97. The number of benzene rings is 2. The van der Waals surface area contributed by atoms with E-state index in [0.29, 0.717) is 17.7 Å². The summed E-state index contributed by atoms with van der Waals surface area (Å²) in [5.74, 6) is 0.212. The summed E-state index contributed by atoms with van der Waals surface area (Å²) in [6.07, 6.45) is -0.938. The van der Waals surface area contributed by atoms with Crippen molar-refractivity contribution in [3.05, 3.63) is 64.5 Å². The van der Waals surface area contributed by atoms with Gasteiger partial charge < -0.3 is 43.8 Å². The molecule has 1 fully saturated rings. The van der Waals surface area contributed by atoms with Gasteiger partial charge in [-0.1, -0.05) is 69.4 Å². The molecule has 0 unspecified atom stereocenters. The van der Waals surface area contributed by atoms with Crippen LogP contribution in [0.5, 0.6) is 17.2 Å². The third-order valence-electron chi connectivity index (χ3n) is 6.87. The highest BCUT2D eigenvalue weighted by Gasteiger charge is 2.45. The Morgan fingerprint density at radius 1 is 0.850 bits per heavy atom. The SMILES string of the molecule is CCCCCCCCOc1ccc2c(OCc3ccccc3)c(O[C@H]3O[C@H](CO)[C@H](O)[C@H](O)[C@H]3O)c(=O)oc2c1. The van der Waals surface area contributed by atoms with E-state index in [-0.39, 0.29) is 23.7 Å². The second-order valence-electron chi connectivity index (χ2n) is 9.91. The monoisotopic (exact) mass is 558 g/mol. The summed E-state index contributed by atoms with van der Waals surface area (Å²) in [6, 6.07) is 14.3.